The molecule has 0 bridgehead atoms. The minimum absolute atomic E-state index is 0.672. The molecule has 0 saturated carbocycles. The highest BCUT2D eigenvalue weighted by Gasteiger charge is 2.15. The van der Waals surface area contributed by atoms with E-state index in [4.69, 9.17) is 16.3 Å². The molecule has 2 aromatic carbocycles. The second-order valence-electron chi connectivity index (χ2n) is 6.26. The van der Waals surface area contributed by atoms with E-state index in [1.54, 1.807) is 23.1 Å². The molecule has 0 saturated heterocycles. The average molecular weight is 433 g/mol. The zero-order chi connectivity index (χ0) is 19.8. The predicted octanol–water partition coefficient (Wildman–Crippen LogP) is 6.48. The lowest BCUT2D eigenvalue weighted by atomic mass is 10.2. The van der Waals surface area contributed by atoms with Crippen molar-refractivity contribution in [1.29, 1.82) is 0 Å². The molecule has 0 fully saturated rings. The van der Waals surface area contributed by atoms with Gasteiger partial charge in [-0.05, 0) is 42.9 Å². The van der Waals surface area contributed by atoms with Crippen molar-refractivity contribution in [3.8, 4) is 16.3 Å². The van der Waals surface area contributed by atoms with Crippen LogP contribution in [0.1, 0.15) is 19.4 Å². The number of ether oxygens (including phenoxy) is 1. The molecule has 0 aliphatic heterocycles. The summed E-state index contributed by atoms with van der Waals surface area (Å²) in [5, 5.41) is 3.77. The molecule has 3 rings (SSSR count). The third kappa shape index (κ3) is 5.74. The van der Waals surface area contributed by atoms with E-state index in [-0.39, 0.29) is 0 Å². The van der Waals surface area contributed by atoms with Crippen molar-refractivity contribution in [1.82, 2.24) is 9.88 Å². The quantitative estimate of drug-likeness (QED) is 0.342. The topological polar surface area (TPSA) is 25.4 Å². The van der Waals surface area contributed by atoms with E-state index in [9.17, 15) is 0 Å². The average Bonchev–Trinajstić information content (AvgIpc) is 3.25. The van der Waals surface area contributed by atoms with Crippen molar-refractivity contribution >= 4 is 34.7 Å². The molecule has 3 nitrogen and oxygen atoms in total. The number of benzene rings is 2. The van der Waals surface area contributed by atoms with E-state index in [0.29, 0.717) is 6.61 Å². The molecule has 1 aromatic heterocycles. The summed E-state index contributed by atoms with van der Waals surface area (Å²) < 4.78 is 6.20. The Morgan fingerprint density at radius 3 is 2.57 bits per heavy atom. The fourth-order valence-corrected chi connectivity index (χ4v) is 4.80. The summed E-state index contributed by atoms with van der Waals surface area (Å²) in [7, 11) is 0. The standard InChI is InChI=1S/C22H25ClN2OS2/c1-3-25(4-2)13-14-26-19-6-5-7-20(21(19)22-24-12-15-27-22)28-16-17-8-10-18(23)11-9-17/h5-12,15H,3-4,13-14,16H2,1-2H3. The number of aromatic nitrogens is 1. The molecule has 6 heteroatoms. The summed E-state index contributed by atoms with van der Waals surface area (Å²) in [6, 6.07) is 14.3. The van der Waals surface area contributed by atoms with Gasteiger partial charge in [0, 0.05) is 33.8 Å². The number of likely N-dealkylation sites (N-methyl/N-ethyl adjacent to an activating group) is 1. The molecule has 0 spiro atoms. The number of nitrogens with zero attached hydrogens (tertiary/aromatic N) is 2. The maximum Gasteiger partial charge on any atom is 0.130 e. The van der Waals surface area contributed by atoms with Gasteiger partial charge < -0.3 is 9.64 Å². The summed E-state index contributed by atoms with van der Waals surface area (Å²) in [6.45, 7) is 8.03. The third-order valence-electron chi connectivity index (χ3n) is 4.50. The van der Waals surface area contributed by atoms with Gasteiger partial charge in [-0.2, -0.15) is 0 Å². The van der Waals surface area contributed by atoms with Gasteiger partial charge in [-0.3, -0.25) is 0 Å². The first-order valence-corrected chi connectivity index (χ1v) is 11.7. The van der Waals surface area contributed by atoms with Crippen molar-refractivity contribution in [2.45, 2.75) is 24.5 Å². The molecule has 0 atom stereocenters. The van der Waals surface area contributed by atoms with Crippen LogP contribution in [0.5, 0.6) is 5.75 Å². The van der Waals surface area contributed by atoms with Crippen LogP contribution < -0.4 is 4.74 Å². The van der Waals surface area contributed by atoms with Crippen LogP contribution in [-0.4, -0.2) is 36.1 Å². The molecule has 0 radical (unpaired) electrons. The largest absolute Gasteiger partial charge is 0.491 e. The fraction of sp³-hybridized carbons (Fsp3) is 0.318. The van der Waals surface area contributed by atoms with Gasteiger partial charge in [0.1, 0.15) is 17.4 Å². The molecular formula is C22H25ClN2OS2. The van der Waals surface area contributed by atoms with E-state index >= 15 is 0 Å². The summed E-state index contributed by atoms with van der Waals surface area (Å²) in [5.74, 6) is 1.78. The molecule has 0 unspecified atom stereocenters. The predicted molar refractivity (Wildman–Crippen MR) is 122 cm³/mol. The third-order valence-corrected chi connectivity index (χ3v) is 6.67. The van der Waals surface area contributed by atoms with Crippen molar-refractivity contribution < 1.29 is 4.74 Å². The highest BCUT2D eigenvalue weighted by atomic mass is 35.5. The van der Waals surface area contributed by atoms with Crippen molar-refractivity contribution in [3.63, 3.8) is 0 Å². The van der Waals surface area contributed by atoms with E-state index in [1.807, 2.05) is 29.8 Å². The number of hydrogen-bond donors (Lipinski definition) is 0. The lowest BCUT2D eigenvalue weighted by molar-refractivity contribution is 0.223. The molecule has 0 N–H and O–H groups in total. The smallest absolute Gasteiger partial charge is 0.130 e. The monoisotopic (exact) mass is 432 g/mol. The maximum atomic E-state index is 6.20. The lowest BCUT2D eigenvalue weighted by Crippen LogP contribution is -2.28. The van der Waals surface area contributed by atoms with E-state index in [2.05, 4.69) is 48.0 Å². The zero-order valence-electron chi connectivity index (χ0n) is 16.2. The number of hydrogen-bond acceptors (Lipinski definition) is 5. The van der Waals surface area contributed by atoms with Crippen molar-refractivity contribution in [2.75, 3.05) is 26.2 Å². The van der Waals surface area contributed by atoms with Crippen LogP contribution in [-0.2, 0) is 5.75 Å². The second-order valence-corrected chi connectivity index (χ2v) is 8.61. The summed E-state index contributed by atoms with van der Waals surface area (Å²) in [6.07, 6.45) is 1.85. The van der Waals surface area contributed by atoms with E-state index in [1.165, 1.54) is 10.5 Å². The SMILES string of the molecule is CCN(CC)CCOc1cccc(SCc2ccc(Cl)cc2)c1-c1nccs1. The zero-order valence-corrected chi connectivity index (χ0v) is 18.6. The molecule has 1 heterocycles. The first kappa shape index (κ1) is 21.2. The molecule has 0 amide bonds. The van der Waals surface area contributed by atoms with Gasteiger partial charge >= 0.3 is 0 Å². The van der Waals surface area contributed by atoms with Gasteiger partial charge in [-0.15, -0.1) is 23.1 Å². The summed E-state index contributed by atoms with van der Waals surface area (Å²) >= 11 is 9.45. The molecule has 148 valence electrons. The number of thioether (sulfide) groups is 1. The highest BCUT2D eigenvalue weighted by Crippen LogP contribution is 2.40. The van der Waals surface area contributed by atoms with Crippen LogP contribution in [0.25, 0.3) is 10.6 Å². The minimum Gasteiger partial charge on any atom is -0.491 e. The molecular weight excluding hydrogens is 408 g/mol. The van der Waals surface area contributed by atoms with Crippen LogP contribution in [0.4, 0.5) is 0 Å². The lowest BCUT2D eigenvalue weighted by Gasteiger charge is -2.19. The van der Waals surface area contributed by atoms with Crippen LogP contribution in [0, 0.1) is 0 Å². The number of halogens is 1. The van der Waals surface area contributed by atoms with Crippen LogP contribution in [0.15, 0.2) is 58.9 Å². The Morgan fingerprint density at radius 2 is 1.89 bits per heavy atom. The molecule has 3 aromatic rings. The van der Waals surface area contributed by atoms with Gasteiger partial charge in [-0.1, -0.05) is 43.6 Å². The maximum absolute atomic E-state index is 6.20. The Bertz CT molecular complexity index is 849. The number of thiazole rings is 1. The Hall–Kier alpha value is -1.53. The number of rotatable bonds is 10. The summed E-state index contributed by atoms with van der Waals surface area (Å²) in [5.41, 5.74) is 2.34. The summed E-state index contributed by atoms with van der Waals surface area (Å²) in [4.78, 5) is 8.10. The Labute approximate surface area is 180 Å². The fourth-order valence-electron chi connectivity index (χ4n) is 2.88. The van der Waals surface area contributed by atoms with Crippen molar-refractivity contribution in [2.24, 2.45) is 0 Å². The van der Waals surface area contributed by atoms with Gasteiger partial charge in [0.25, 0.3) is 0 Å². The normalized spacial score (nSPS) is 11.1. The Kier molecular flexibility index (Phi) is 8.22. The van der Waals surface area contributed by atoms with Gasteiger partial charge in [0.15, 0.2) is 0 Å². The molecule has 28 heavy (non-hydrogen) atoms. The van der Waals surface area contributed by atoms with E-state index < -0.39 is 0 Å². The van der Waals surface area contributed by atoms with E-state index in [0.717, 1.165) is 46.7 Å². The van der Waals surface area contributed by atoms with Gasteiger partial charge in [0.05, 0.1) is 5.56 Å². The first-order valence-electron chi connectivity index (χ1n) is 9.46. The van der Waals surface area contributed by atoms with Crippen LogP contribution in [0.3, 0.4) is 0 Å². The molecule has 0 aliphatic rings. The van der Waals surface area contributed by atoms with Crippen LogP contribution in [0.2, 0.25) is 5.02 Å². The highest BCUT2D eigenvalue weighted by molar-refractivity contribution is 7.98. The van der Waals surface area contributed by atoms with Gasteiger partial charge in [0.2, 0.25) is 0 Å². The minimum atomic E-state index is 0.672. The van der Waals surface area contributed by atoms with Crippen molar-refractivity contribution in [3.05, 3.63) is 64.6 Å². The van der Waals surface area contributed by atoms with Gasteiger partial charge in [-0.25, -0.2) is 4.98 Å². The molecule has 0 aliphatic carbocycles. The Morgan fingerprint density at radius 1 is 1.11 bits per heavy atom. The second kappa shape index (κ2) is 10.9. The first-order chi connectivity index (χ1) is 13.7. The Balaban J connectivity index is 1.78. The van der Waals surface area contributed by atoms with Crippen LogP contribution >= 0.6 is 34.7 Å².